The topological polar surface area (TPSA) is 58.0 Å². The second-order valence-corrected chi connectivity index (χ2v) is 5.48. The molecule has 0 spiro atoms. The number of aliphatic hydroxyl groups is 1. The van der Waals surface area contributed by atoms with Crippen molar-refractivity contribution in [1.29, 1.82) is 0 Å². The Balaban J connectivity index is 2.05. The van der Waals surface area contributed by atoms with Crippen LogP contribution in [0.1, 0.15) is 39.3 Å². The number of rotatable bonds is 2. The predicted molar refractivity (Wildman–Crippen MR) is 63.4 cm³/mol. The number of aliphatic hydroxyl groups excluding tert-OH is 1. The van der Waals surface area contributed by atoms with Crippen LogP contribution in [0.5, 0.6) is 0 Å². The van der Waals surface area contributed by atoms with Crippen LogP contribution in [-0.2, 0) is 5.41 Å². The highest BCUT2D eigenvalue weighted by molar-refractivity contribution is 5.29. The van der Waals surface area contributed by atoms with Crippen molar-refractivity contribution in [3.63, 3.8) is 0 Å². The average molecular weight is 221 g/mol. The minimum Gasteiger partial charge on any atom is -0.393 e. The summed E-state index contributed by atoms with van der Waals surface area (Å²) in [6, 6.07) is 2.27. The van der Waals surface area contributed by atoms with Gasteiger partial charge in [-0.15, -0.1) is 0 Å². The van der Waals surface area contributed by atoms with Crippen molar-refractivity contribution in [1.82, 2.24) is 9.97 Å². The summed E-state index contributed by atoms with van der Waals surface area (Å²) in [6.07, 6.45) is 3.22. The van der Waals surface area contributed by atoms with Crippen molar-refractivity contribution in [2.45, 2.75) is 51.2 Å². The van der Waals surface area contributed by atoms with Gasteiger partial charge in [-0.25, -0.2) is 9.97 Å². The molecule has 4 heteroatoms. The highest BCUT2D eigenvalue weighted by Gasteiger charge is 2.27. The highest BCUT2D eigenvalue weighted by Crippen LogP contribution is 2.24. The molecule has 0 saturated heterocycles. The van der Waals surface area contributed by atoms with Gasteiger partial charge in [0.2, 0.25) is 5.95 Å². The van der Waals surface area contributed by atoms with E-state index in [4.69, 9.17) is 0 Å². The van der Waals surface area contributed by atoms with Crippen LogP contribution in [0.2, 0.25) is 0 Å². The normalized spacial score (nSPS) is 25.0. The smallest absolute Gasteiger partial charge is 0.223 e. The maximum Gasteiger partial charge on any atom is 0.223 e. The summed E-state index contributed by atoms with van der Waals surface area (Å²) in [7, 11) is 0. The number of nitrogens with zero attached hydrogens (tertiary/aromatic N) is 2. The van der Waals surface area contributed by atoms with E-state index in [1.54, 1.807) is 6.20 Å². The first-order chi connectivity index (χ1) is 7.45. The van der Waals surface area contributed by atoms with Crippen LogP contribution in [0, 0.1) is 0 Å². The average Bonchev–Trinajstić information content (AvgIpc) is 2.14. The van der Waals surface area contributed by atoms with Crippen molar-refractivity contribution >= 4 is 5.95 Å². The summed E-state index contributed by atoms with van der Waals surface area (Å²) in [5, 5.41) is 12.4. The maximum atomic E-state index is 9.20. The summed E-state index contributed by atoms with van der Waals surface area (Å²) in [4.78, 5) is 8.68. The molecule has 0 bridgehead atoms. The summed E-state index contributed by atoms with van der Waals surface area (Å²) in [5.74, 6) is 0.671. The molecule has 1 aromatic heterocycles. The van der Waals surface area contributed by atoms with Crippen LogP contribution in [0.3, 0.4) is 0 Å². The van der Waals surface area contributed by atoms with Crippen LogP contribution in [0.15, 0.2) is 12.3 Å². The Hall–Kier alpha value is -1.16. The van der Waals surface area contributed by atoms with E-state index in [2.05, 4.69) is 36.1 Å². The number of anilines is 1. The minimum atomic E-state index is -0.150. The van der Waals surface area contributed by atoms with Crippen molar-refractivity contribution in [3.8, 4) is 0 Å². The van der Waals surface area contributed by atoms with Gasteiger partial charge in [0.1, 0.15) is 0 Å². The van der Waals surface area contributed by atoms with Gasteiger partial charge in [-0.05, 0) is 18.9 Å². The van der Waals surface area contributed by atoms with Gasteiger partial charge in [-0.2, -0.15) is 0 Å². The van der Waals surface area contributed by atoms with Crippen LogP contribution >= 0.6 is 0 Å². The first kappa shape index (κ1) is 11.3. The molecule has 0 unspecified atom stereocenters. The number of nitrogens with one attached hydrogen (secondary N) is 1. The molecule has 16 heavy (non-hydrogen) atoms. The van der Waals surface area contributed by atoms with Crippen molar-refractivity contribution in [2.75, 3.05) is 5.32 Å². The summed E-state index contributed by atoms with van der Waals surface area (Å²) in [6.45, 7) is 6.39. The Bertz CT molecular complexity index is 367. The van der Waals surface area contributed by atoms with Crippen molar-refractivity contribution in [2.24, 2.45) is 0 Å². The standard InChI is InChI=1S/C12H19N3O/c1-12(2,3)10-4-5-13-11(15-10)14-8-6-9(16)7-8/h4-5,8-9,16H,6-7H2,1-3H3,(H,13,14,15). The lowest BCUT2D eigenvalue weighted by Crippen LogP contribution is -2.39. The van der Waals surface area contributed by atoms with Gasteiger partial charge in [-0.1, -0.05) is 20.8 Å². The van der Waals surface area contributed by atoms with E-state index >= 15 is 0 Å². The fourth-order valence-electron chi connectivity index (χ4n) is 1.73. The molecule has 0 amide bonds. The lowest BCUT2D eigenvalue weighted by molar-refractivity contribution is 0.0834. The SMILES string of the molecule is CC(C)(C)c1ccnc(NC2CC(O)C2)n1. The zero-order valence-electron chi connectivity index (χ0n) is 10.1. The quantitative estimate of drug-likeness (QED) is 0.798. The second kappa shape index (κ2) is 4.01. The second-order valence-electron chi connectivity index (χ2n) is 5.48. The van der Waals surface area contributed by atoms with E-state index in [-0.39, 0.29) is 11.5 Å². The molecule has 1 heterocycles. The summed E-state index contributed by atoms with van der Waals surface area (Å²) >= 11 is 0. The van der Waals surface area contributed by atoms with E-state index in [1.165, 1.54) is 0 Å². The Morgan fingerprint density at radius 2 is 2.06 bits per heavy atom. The first-order valence-electron chi connectivity index (χ1n) is 5.73. The number of aromatic nitrogens is 2. The largest absolute Gasteiger partial charge is 0.393 e. The fraction of sp³-hybridized carbons (Fsp3) is 0.667. The fourth-order valence-corrected chi connectivity index (χ4v) is 1.73. The third-order valence-corrected chi connectivity index (χ3v) is 2.87. The van der Waals surface area contributed by atoms with E-state index < -0.39 is 0 Å². The van der Waals surface area contributed by atoms with Gasteiger partial charge < -0.3 is 10.4 Å². The monoisotopic (exact) mass is 221 g/mol. The molecule has 0 radical (unpaired) electrons. The Kier molecular flexibility index (Phi) is 2.84. The molecule has 0 aromatic carbocycles. The third-order valence-electron chi connectivity index (χ3n) is 2.87. The van der Waals surface area contributed by atoms with E-state index in [1.807, 2.05) is 6.07 Å². The molecule has 1 fully saturated rings. The molecule has 2 N–H and O–H groups in total. The molecule has 2 rings (SSSR count). The number of hydrogen-bond donors (Lipinski definition) is 2. The van der Waals surface area contributed by atoms with Gasteiger partial charge >= 0.3 is 0 Å². The van der Waals surface area contributed by atoms with Gasteiger partial charge in [0.15, 0.2) is 0 Å². The molecule has 1 aliphatic rings. The molecule has 4 nitrogen and oxygen atoms in total. The first-order valence-corrected chi connectivity index (χ1v) is 5.73. The van der Waals surface area contributed by atoms with Crippen molar-refractivity contribution in [3.05, 3.63) is 18.0 Å². The molecule has 1 aliphatic carbocycles. The van der Waals surface area contributed by atoms with E-state index in [0.29, 0.717) is 12.0 Å². The molecular formula is C12H19N3O. The maximum absolute atomic E-state index is 9.20. The van der Waals surface area contributed by atoms with E-state index in [9.17, 15) is 5.11 Å². The molecule has 0 atom stereocenters. The lowest BCUT2D eigenvalue weighted by atomic mass is 9.89. The Labute approximate surface area is 96.1 Å². The summed E-state index contributed by atoms with van der Waals surface area (Å²) in [5.41, 5.74) is 1.07. The van der Waals surface area contributed by atoms with Gasteiger partial charge in [0.25, 0.3) is 0 Å². The van der Waals surface area contributed by atoms with Gasteiger partial charge in [0, 0.05) is 17.7 Å². The van der Waals surface area contributed by atoms with Gasteiger partial charge in [0.05, 0.1) is 11.8 Å². The van der Waals surface area contributed by atoms with Gasteiger partial charge in [-0.3, -0.25) is 0 Å². The highest BCUT2D eigenvalue weighted by atomic mass is 16.3. The van der Waals surface area contributed by atoms with Crippen molar-refractivity contribution < 1.29 is 5.11 Å². The zero-order valence-corrected chi connectivity index (χ0v) is 10.1. The molecule has 1 aromatic rings. The summed E-state index contributed by atoms with van der Waals surface area (Å²) < 4.78 is 0. The van der Waals surface area contributed by atoms with Crippen LogP contribution in [0.4, 0.5) is 5.95 Å². The third kappa shape index (κ3) is 2.50. The molecule has 88 valence electrons. The van der Waals surface area contributed by atoms with E-state index in [0.717, 1.165) is 18.5 Å². The minimum absolute atomic E-state index is 0.0402. The zero-order chi connectivity index (χ0) is 11.8. The van der Waals surface area contributed by atoms with Crippen LogP contribution in [0.25, 0.3) is 0 Å². The predicted octanol–water partition coefficient (Wildman–Crippen LogP) is 1.71. The molecular weight excluding hydrogens is 202 g/mol. The Morgan fingerprint density at radius 1 is 1.38 bits per heavy atom. The molecule has 0 aliphatic heterocycles. The Morgan fingerprint density at radius 3 is 2.62 bits per heavy atom. The number of hydrogen-bond acceptors (Lipinski definition) is 4. The van der Waals surface area contributed by atoms with Crippen LogP contribution in [-0.4, -0.2) is 27.2 Å². The molecule has 1 saturated carbocycles. The van der Waals surface area contributed by atoms with Crippen LogP contribution < -0.4 is 5.32 Å². The lowest BCUT2D eigenvalue weighted by Gasteiger charge is -2.32.